The number of benzene rings is 2. The van der Waals surface area contributed by atoms with Crippen LogP contribution in [0.25, 0.3) is 6.08 Å². The molecule has 0 saturated carbocycles. The number of pyridine rings is 1. The molecule has 1 amide bonds. The minimum Gasteiger partial charge on any atom is -0.494 e. The number of nitrogens with zero attached hydrogens (tertiary/aromatic N) is 1. The van der Waals surface area contributed by atoms with Gasteiger partial charge < -0.3 is 10.1 Å². The summed E-state index contributed by atoms with van der Waals surface area (Å²) in [5.41, 5.74) is 2.05. The monoisotopic (exact) mass is 414 g/mol. The lowest BCUT2D eigenvalue weighted by Gasteiger charge is -2.24. The van der Waals surface area contributed by atoms with Crippen molar-refractivity contribution >= 4 is 23.5 Å². The molecule has 31 heavy (non-hydrogen) atoms. The van der Waals surface area contributed by atoms with Gasteiger partial charge in [0.25, 0.3) is 0 Å². The molecule has 1 aromatic heterocycles. The minimum atomic E-state index is -0.731. The van der Waals surface area contributed by atoms with Gasteiger partial charge in [-0.1, -0.05) is 18.2 Å². The van der Waals surface area contributed by atoms with E-state index >= 15 is 0 Å². The normalized spacial score (nSPS) is 11.3. The van der Waals surface area contributed by atoms with E-state index in [1.807, 2.05) is 63.2 Å². The molecule has 0 fully saturated rings. The highest BCUT2D eigenvalue weighted by molar-refractivity contribution is 6.07. The maximum atomic E-state index is 12.9. The van der Waals surface area contributed by atoms with Crippen molar-refractivity contribution in [2.24, 2.45) is 0 Å². The Morgan fingerprint density at radius 3 is 2.32 bits per heavy atom. The van der Waals surface area contributed by atoms with Gasteiger partial charge >= 0.3 is 0 Å². The van der Waals surface area contributed by atoms with Gasteiger partial charge in [-0.05, 0) is 87.0 Å². The van der Waals surface area contributed by atoms with Crippen molar-refractivity contribution in [1.82, 2.24) is 4.98 Å². The van der Waals surface area contributed by atoms with Gasteiger partial charge in [0.05, 0.1) is 17.7 Å². The number of ketones is 1. The number of amides is 1. The Morgan fingerprint density at radius 2 is 1.71 bits per heavy atom. The summed E-state index contributed by atoms with van der Waals surface area (Å²) in [7, 11) is 0. The lowest BCUT2D eigenvalue weighted by molar-refractivity contribution is -0.120. The average molecular weight is 415 g/mol. The molecule has 0 atom stereocenters. The third-order valence-corrected chi connectivity index (χ3v) is 4.98. The molecule has 0 aliphatic rings. The SMILES string of the molecule is CCOc1ccc(C(C)(C)C(=O)Nc2ccc(C(=O)/C=C/c3ccccn3)cc2)cc1. The Hall–Kier alpha value is -3.73. The van der Waals surface area contributed by atoms with Gasteiger partial charge in [-0.15, -0.1) is 0 Å². The van der Waals surface area contributed by atoms with Crippen molar-refractivity contribution < 1.29 is 14.3 Å². The standard InChI is InChI=1S/C26H26N2O3/c1-4-31-23-15-10-20(11-16-23)26(2,3)25(30)28-22-12-8-19(9-13-22)24(29)17-14-21-7-5-6-18-27-21/h5-18H,4H2,1-3H3,(H,28,30)/b17-14+. The molecule has 0 saturated heterocycles. The molecule has 1 N–H and O–H groups in total. The van der Waals surface area contributed by atoms with E-state index in [-0.39, 0.29) is 11.7 Å². The predicted octanol–water partition coefficient (Wildman–Crippen LogP) is 5.29. The fourth-order valence-corrected chi connectivity index (χ4v) is 3.00. The van der Waals surface area contributed by atoms with Crippen LogP contribution in [0, 0.1) is 0 Å². The van der Waals surface area contributed by atoms with Crippen LogP contribution in [-0.2, 0) is 10.2 Å². The summed E-state index contributed by atoms with van der Waals surface area (Å²) in [6, 6.07) is 19.9. The first-order valence-electron chi connectivity index (χ1n) is 10.2. The highest BCUT2D eigenvalue weighted by Gasteiger charge is 2.29. The molecule has 0 bridgehead atoms. The number of ether oxygens (including phenoxy) is 1. The number of rotatable bonds is 8. The van der Waals surface area contributed by atoms with E-state index < -0.39 is 5.41 Å². The second-order valence-electron chi connectivity index (χ2n) is 7.57. The average Bonchev–Trinajstić information content (AvgIpc) is 2.79. The van der Waals surface area contributed by atoms with E-state index in [1.54, 1.807) is 36.5 Å². The summed E-state index contributed by atoms with van der Waals surface area (Å²) in [5.74, 6) is 0.517. The summed E-state index contributed by atoms with van der Waals surface area (Å²) in [6.45, 7) is 6.28. The third kappa shape index (κ3) is 5.66. The van der Waals surface area contributed by atoms with Crippen LogP contribution >= 0.6 is 0 Å². The summed E-state index contributed by atoms with van der Waals surface area (Å²) in [5, 5.41) is 2.93. The molecular weight excluding hydrogens is 388 g/mol. The quantitative estimate of drug-likeness (QED) is 0.402. The molecule has 5 heteroatoms. The number of carbonyl (C=O) groups excluding carboxylic acids is 2. The van der Waals surface area contributed by atoms with Gasteiger partial charge in [0.1, 0.15) is 5.75 Å². The molecule has 3 aromatic rings. The van der Waals surface area contributed by atoms with Crippen LogP contribution in [0.3, 0.4) is 0 Å². The lowest BCUT2D eigenvalue weighted by Crippen LogP contribution is -2.34. The molecule has 158 valence electrons. The number of allylic oxidation sites excluding steroid dienone is 1. The number of nitrogens with one attached hydrogen (secondary N) is 1. The van der Waals surface area contributed by atoms with Gasteiger partial charge in [-0.3, -0.25) is 14.6 Å². The van der Waals surface area contributed by atoms with Gasteiger partial charge in [0.2, 0.25) is 5.91 Å². The second-order valence-corrected chi connectivity index (χ2v) is 7.57. The van der Waals surface area contributed by atoms with E-state index in [9.17, 15) is 9.59 Å². The first kappa shape index (κ1) is 22.0. The molecule has 0 spiro atoms. The number of hydrogen-bond donors (Lipinski definition) is 1. The maximum Gasteiger partial charge on any atom is 0.234 e. The molecule has 2 aromatic carbocycles. The van der Waals surface area contributed by atoms with E-state index in [1.165, 1.54) is 6.08 Å². The summed E-state index contributed by atoms with van der Waals surface area (Å²) in [6.07, 6.45) is 4.85. The van der Waals surface area contributed by atoms with Crippen LogP contribution in [0.15, 0.2) is 79.0 Å². The molecule has 0 unspecified atom stereocenters. The Balaban J connectivity index is 1.65. The smallest absolute Gasteiger partial charge is 0.234 e. The van der Waals surface area contributed by atoms with E-state index in [0.29, 0.717) is 17.9 Å². The number of hydrogen-bond acceptors (Lipinski definition) is 4. The predicted molar refractivity (Wildman–Crippen MR) is 123 cm³/mol. The van der Waals surface area contributed by atoms with Crippen LogP contribution in [0.1, 0.15) is 42.4 Å². The summed E-state index contributed by atoms with van der Waals surface area (Å²) < 4.78 is 5.47. The largest absolute Gasteiger partial charge is 0.494 e. The zero-order valence-electron chi connectivity index (χ0n) is 18.0. The highest BCUT2D eigenvalue weighted by Crippen LogP contribution is 2.27. The van der Waals surface area contributed by atoms with Crippen molar-refractivity contribution in [1.29, 1.82) is 0 Å². The van der Waals surface area contributed by atoms with Crippen molar-refractivity contribution in [2.75, 3.05) is 11.9 Å². The van der Waals surface area contributed by atoms with Crippen LogP contribution < -0.4 is 10.1 Å². The molecule has 5 nitrogen and oxygen atoms in total. The first-order chi connectivity index (χ1) is 14.9. The number of carbonyl (C=O) groups is 2. The van der Waals surface area contributed by atoms with Crippen molar-refractivity contribution in [3.8, 4) is 5.75 Å². The summed E-state index contributed by atoms with van der Waals surface area (Å²) in [4.78, 5) is 29.4. The molecular formula is C26H26N2O3. The Morgan fingerprint density at radius 1 is 1.00 bits per heavy atom. The van der Waals surface area contributed by atoms with Crippen molar-refractivity contribution in [3.05, 3.63) is 95.8 Å². The first-order valence-corrected chi connectivity index (χ1v) is 10.2. The fourth-order valence-electron chi connectivity index (χ4n) is 3.00. The van der Waals surface area contributed by atoms with Crippen molar-refractivity contribution in [2.45, 2.75) is 26.2 Å². The lowest BCUT2D eigenvalue weighted by atomic mass is 9.83. The van der Waals surface area contributed by atoms with Crippen molar-refractivity contribution in [3.63, 3.8) is 0 Å². The van der Waals surface area contributed by atoms with E-state index in [2.05, 4.69) is 10.3 Å². The van der Waals surface area contributed by atoms with E-state index in [0.717, 1.165) is 17.0 Å². The zero-order chi connectivity index (χ0) is 22.3. The third-order valence-electron chi connectivity index (χ3n) is 4.98. The molecule has 3 rings (SSSR count). The molecule has 0 aliphatic carbocycles. The van der Waals surface area contributed by atoms with Crippen LogP contribution in [0.4, 0.5) is 5.69 Å². The Labute approximate surface area is 182 Å². The van der Waals surface area contributed by atoms with Crippen LogP contribution in [0.2, 0.25) is 0 Å². The highest BCUT2D eigenvalue weighted by atomic mass is 16.5. The fraction of sp³-hybridized carbons (Fsp3) is 0.192. The topological polar surface area (TPSA) is 68.3 Å². The summed E-state index contributed by atoms with van der Waals surface area (Å²) >= 11 is 0. The molecule has 0 aliphatic heterocycles. The second kappa shape index (κ2) is 9.85. The van der Waals surface area contributed by atoms with Gasteiger partial charge in [-0.25, -0.2) is 0 Å². The van der Waals surface area contributed by atoms with Gasteiger partial charge in [-0.2, -0.15) is 0 Å². The number of anilines is 1. The van der Waals surface area contributed by atoms with E-state index in [4.69, 9.17) is 4.74 Å². The molecule has 1 heterocycles. The molecule has 0 radical (unpaired) electrons. The number of aromatic nitrogens is 1. The minimum absolute atomic E-state index is 0.127. The Bertz CT molecular complexity index is 1050. The maximum absolute atomic E-state index is 12.9. The van der Waals surface area contributed by atoms with Gasteiger partial charge in [0.15, 0.2) is 5.78 Å². The Kier molecular flexibility index (Phi) is 6.98. The van der Waals surface area contributed by atoms with Crippen LogP contribution in [0.5, 0.6) is 5.75 Å². The van der Waals surface area contributed by atoms with Gasteiger partial charge in [0, 0.05) is 17.4 Å². The van der Waals surface area contributed by atoms with Crippen LogP contribution in [-0.4, -0.2) is 23.3 Å². The zero-order valence-corrected chi connectivity index (χ0v) is 18.0.